The van der Waals surface area contributed by atoms with Gasteiger partial charge in [0.15, 0.2) is 0 Å². The Labute approximate surface area is 196 Å². The first-order valence-corrected chi connectivity index (χ1v) is 11.9. The van der Waals surface area contributed by atoms with Crippen molar-refractivity contribution in [3.63, 3.8) is 0 Å². The summed E-state index contributed by atoms with van der Waals surface area (Å²) >= 11 is 4.01. The summed E-state index contributed by atoms with van der Waals surface area (Å²) in [5, 5.41) is 17.4. The number of aliphatic carboxylic acids is 1. The average molecular weight is 476 g/mol. The number of carbonyl (C=O) groups is 4. The second kappa shape index (κ2) is 15.9. The molecule has 186 valence electrons. The molecule has 0 saturated heterocycles. The van der Waals surface area contributed by atoms with Gasteiger partial charge in [-0.2, -0.15) is 12.6 Å². The van der Waals surface area contributed by atoms with Gasteiger partial charge in [-0.25, -0.2) is 4.79 Å². The van der Waals surface area contributed by atoms with Crippen LogP contribution in [0.15, 0.2) is 0 Å². The van der Waals surface area contributed by atoms with Crippen molar-refractivity contribution in [2.24, 2.45) is 23.3 Å². The molecule has 0 aromatic rings. The van der Waals surface area contributed by atoms with Gasteiger partial charge >= 0.3 is 5.97 Å². The van der Waals surface area contributed by atoms with Crippen molar-refractivity contribution in [3.05, 3.63) is 0 Å². The highest BCUT2D eigenvalue weighted by molar-refractivity contribution is 7.80. The van der Waals surface area contributed by atoms with Gasteiger partial charge in [-0.15, -0.1) is 0 Å². The van der Waals surface area contributed by atoms with Gasteiger partial charge in [-0.1, -0.05) is 40.5 Å². The quantitative estimate of drug-likeness (QED) is 0.121. The molecule has 0 aliphatic rings. The van der Waals surface area contributed by atoms with Crippen molar-refractivity contribution >= 4 is 36.3 Å². The Morgan fingerprint density at radius 1 is 0.875 bits per heavy atom. The number of nitrogens with one attached hydrogen (secondary N) is 3. The third-order valence-corrected chi connectivity index (χ3v) is 6.07. The molecule has 0 radical (unpaired) electrons. The summed E-state index contributed by atoms with van der Waals surface area (Å²) < 4.78 is 0. The van der Waals surface area contributed by atoms with Crippen molar-refractivity contribution in [1.29, 1.82) is 0 Å². The first-order chi connectivity index (χ1) is 15.0. The maximum atomic E-state index is 13.1. The normalized spacial score (nSPS) is 16.7. The van der Waals surface area contributed by atoms with Gasteiger partial charge in [0.05, 0.1) is 6.04 Å². The smallest absolute Gasteiger partial charge is 0.326 e. The largest absolute Gasteiger partial charge is 0.480 e. The number of hydrogen-bond donors (Lipinski definition) is 7. The Bertz CT molecular complexity index is 621. The van der Waals surface area contributed by atoms with Crippen LogP contribution in [-0.4, -0.2) is 65.3 Å². The van der Waals surface area contributed by atoms with E-state index in [4.69, 9.17) is 11.5 Å². The van der Waals surface area contributed by atoms with Crippen LogP contribution in [0.2, 0.25) is 0 Å². The summed E-state index contributed by atoms with van der Waals surface area (Å²) in [6, 6.07) is -3.78. The van der Waals surface area contributed by atoms with Crippen LogP contribution in [0.1, 0.15) is 59.8 Å². The molecule has 8 N–H and O–H groups in total. The molecule has 6 unspecified atom stereocenters. The lowest BCUT2D eigenvalue weighted by atomic mass is 9.94. The highest BCUT2D eigenvalue weighted by Crippen LogP contribution is 2.13. The van der Waals surface area contributed by atoms with Gasteiger partial charge in [0.2, 0.25) is 17.7 Å². The Morgan fingerprint density at radius 2 is 1.34 bits per heavy atom. The number of carbonyl (C=O) groups excluding carboxylic acids is 3. The first-order valence-electron chi connectivity index (χ1n) is 11.2. The molecular weight excluding hydrogens is 434 g/mol. The van der Waals surface area contributed by atoms with Crippen LogP contribution in [0, 0.1) is 11.8 Å². The molecule has 0 bridgehead atoms. The number of rotatable bonds is 16. The van der Waals surface area contributed by atoms with E-state index in [0.717, 1.165) is 0 Å². The Balaban J connectivity index is 5.50. The van der Waals surface area contributed by atoms with Gasteiger partial charge in [-0.3, -0.25) is 14.4 Å². The zero-order chi connectivity index (χ0) is 24.8. The van der Waals surface area contributed by atoms with Crippen molar-refractivity contribution < 1.29 is 24.3 Å². The van der Waals surface area contributed by atoms with E-state index in [1.807, 2.05) is 20.8 Å². The molecule has 0 heterocycles. The van der Waals surface area contributed by atoms with Crippen LogP contribution in [0.3, 0.4) is 0 Å². The van der Waals surface area contributed by atoms with E-state index in [0.29, 0.717) is 32.2 Å². The molecule has 0 fully saturated rings. The fourth-order valence-electron chi connectivity index (χ4n) is 3.00. The van der Waals surface area contributed by atoms with Crippen LogP contribution in [0.5, 0.6) is 0 Å². The van der Waals surface area contributed by atoms with Crippen molar-refractivity contribution in [3.8, 4) is 0 Å². The summed E-state index contributed by atoms with van der Waals surface area (Å²) in [4.78, 5) is 49.8. The lowest BCUT2D eigenvalue weighted by molar-refractivity contribution is -0.143. The maximum absolute atomic E-state index is 13.1. The lowest BCUT2D eigenvalue weighted by Gasteiger charge is -2.30. The predicted molar refractivity (Wildman–Crippen MR) is 127 cm³/mol. The van der Waals surface area contributed by atoms with Crippen molar-refractivity contribution in [1.82, 2.24) is 16.0 Å². The summed E-state index contributed by atoms with van der Waals surface area (Å²) in [6.07, 6.45) is 2.63. The molecule has 0 aliphatic carbocycles. The van der Waals surface area contributed by atoms with Crippen LogP contribution < -0.4 is 27.4 Å². The van der Waals surface area contributed by atoms with E-state index >= 15 is 0 Å². The number of nitrogens with two attached hydrogens (primary N) is 2. The number of unbranched alkanes of at least 4 members (excludes halogenated alkanes) is 1. The second-order valence-electron chi connectivity index (χ2n) is 8.22. The summed E-state index contributed by atoms with van der Waals surface area (Å²) in [5.74, 6) is -3.09. The zero-order valence-corrected chi connectivity index (χ0v) is 20.5. The molecular formula is C21H41N5O5S. The Morgan fingerprint density at radius 3 is 1.75 bits per heavy atom. The predicted octanol–water partition coefficient (Wildman–Crippen LogP) is 0.00370. The van der Waals surface area contributed by atoms with Gasteiger partial charge in [0.1, 0.15) is 18.1 Å². The van der Waals surface area contributed by atoms with E-state index < -0.39 is 47.9 Å². The van der Waals surface area contributed by atoms with E-state index in [1.54, 1.807) is 6.92 Å². The standard InChI is InChI=1S/C21H41N5O5S/c1-5-12(3)16(19(28)24-15(21(30)31)9-7-8-10-22)26-20(29)17(13(4)6-2)25-18(27)14(23)11-32/h12-17,32H,5-11,22-23H2,1-4H3,(H,24,28)(H,25,27)(H,26,29)(H,30,31). The molecule has 0 aromatic heterocycles. The zero-order valence-electron chi connectivity index (χ0n) is 19.6. The molecule has 0 aliphatic heterocycles. The molecule has 10 nitrogen and oxygen atoms in total. The second-order valence-corrected chi connectivity index (χ2v) is 8.58. The molecule has 0 saturated carbocycles. The number of amides is 3. The third-order valence-electron chi connectivity index (χ3n) is 5.68. The maximum Gasteiger partial charge on any atom is 0.326 e. The minimum atomic E-state index is -1.14. The minimum absolute atomic E-state index is 0.124. The van der Waals surface area contributed by atoms with Gasteiger partial charge in [0.25, 0.3) is 0 Å². The molecule has 32 heavy (non-hydrogen) atoms. The fourth-order valence-corrected chi connectivity index (χ4v) is 3.17. The van der Waals surface area contributed by atoms with E-state index in [9.17, 15) is 24.3 Å². The summed E-state index contributed by atoms with van der Waals surface area (Å²) in [7, 11) is 0. The van der Waals surface area contributed by atoms with Gasteiger partial charge in [-0.05, 0) is 37.6 Å². The molecule has 3 amide bonds. The highest BCUT2D eigenvalue weighted by atomic mass is 32.1. The molecule has 6 atom stereocenters. The number of thiol groups is 1. The number of hydrogen-bond acceptors (Lipinski definition) is 7. The molecule has 0 spiro atoms. The molecule has 0 rings (SSSR count). The van der Waals surface area contributed by atoms with Crippen LogP contribution >= 0.6 is 12.6 Å². The summed E-state index contributed by atoms with van der Waals surface area (Å²) in [5.41, 5.74) is 11.2. The van der Waals surface area contributed by atoms with Crippen LogP contribution in [0.4, 0.5) is 0 Å². The van der Waals surface area contributed by atoms with Gasteiger partial charge in [0, 0.05) is 5.75 Å². The van der Waals surface area contributed by atoms with Gasteiger partial charge < -0.3 is 32.5 Å². The monoisotopic (exact) mass is 475 g/mol. The minimum Gasteiger partial charge on any atom is -0.480 e. The van der Waals surface area contributed by atoms with Crippen LogP contribution in [0.25, 0.3) is 0 Å². The Hall–Kier alpha value is -1.85. The molecule has 0 aromatic carbocycles. The number of carboxylic acids is 1. The van der Waals surface area contributed by atoms with Crippen molar-refractivity contribution in [2.75, 3.05) is 12.3 Å². The van der Waals surface area contributed by atoms with E-state index in [-0.39, 0.29) is 24.0 Å². The third kappa shape index (κ3) is 10.2. The SMILES string of the molecule is CCC(C)C(NC(=O)C(N)CS)C(=O)NC(C(=O)NC(CCCCN)C(=O)O)C(C)CC. The average Bonchev–Trinajstić information content (AvgIpc) is 2.77. The Kier molecular flexibility index (Phi) is 15.0. The first kappa shape index (κ1) is 30.1. The molecule has 11 heteroatoms. The number of carboxylic acid groups (broad SMARTS) is 1. The lowest BCUT2D eigenvalue weighted by Crippen LogP contribution is -2.60. The summed E-state index contributed by atoms with van der Waals surface area (Å²) in [6.45, 7) is 7.79. The van der Waals surface area contributed by atoms with E-state index in [1.165, 1.54) is 0 Å². The fraction of sp³-hybridized carbons (Fsp3) is 0.810. The topological polar surface area (TPSA) is 177 Å². The highest BCUT2D eigenvalue weighted by Gasteiger charge is 2.34. The van der Waals surface area contributed by atoms with E-state index in [2.05, 4.69) is 28.6 Å². The van der Waals surface area contributed by atoms with Crippen molar-refractivity contribution in [2.45, 2.75) is 84.0 Å². The van der Waals surface area contributed by atoms with Crippen LogP contribution in [-0.2, 0) is 19.2 Å².